The van der Waals surface area contributed by atoms with Crippen LogP contribution in [0, 0.1) is 10.5 Å². The second kappa shape index (κ2) is 4.33. The first-order valence-corrected chi connectivity index (χ1v) is 4.79. The Balaban J connectivity index is 3.16. The summed E-state index contributed by atoms with van der Waals surface area (Å²) in [6.45, 7) is 1.53. The van der Waals surface area contributed by atoms with Crippen LogP contribution in [0.25, 0.3) is 0 Å². The number of aryl methyl sites for hydroxylation is 1. The van der Waals surface area contributed by atoms with E-state index in [0.29, 0.717) is 9.26 Å². The minimum Gasteiger partial charge on any atom is -0.387 e. The minimum absolute atomic E-state index is 0.220. The molecule has 0 saturated heterocycles. The summed E-state index contributed by atoms with van der Waals surface area (Å²) in [4.78, 5) is 14.0. The molecular weight excluding hydrogens is 326 g/mol. The standard InChI is InChI=1S/C8H5F3INO2/c1-4-6(12)2-5(3-14)7(13-4)15-8(9,10)11/h2-3H,1H3. The fourth-order valence-electron chi connectivity index (χ4n) is 0.849. The topological polar surface area (TPSA) is 39.2 Å². The van der Waals surface area contributed by atoms with Crippen LogP contribution in [0.15, 0.2) is 6.07 Å². The van der Waals surface area contributed by atoms with Gasteiger partial charge in [-0.15, -0.1) is 13.2 Å². The molecule has 1 aromatic heterocycles. The van der Waals surface area contributed by atoms with Crippen LogP contribution in [0.2, 0.25) is 0 Å². The Morgan fingerprint density at radius 2 is 2.13 bits per heavy atom. The molecule has 0 bridgehead atoms. The summed E-state index contributed by atoms with van der Waals surface area (Å²) >= 11 is 1.87. The average molecular weight is 331 g/mol. The Morgan fingerprint density at radius 1 is 1.53 bits per heavy atom. The lowest BCUT2D eigenvalue weighted by molar-refractivity contribution is -0.276. The van der Waals surface area contributed by atoms with Crippen molar-refractivity contribution in [3.05, 3.63) is 20.9 Å². The number of rotatable bonds is 2. The van der Waals surface area contributed by atoms with Gasteiger partial charge < -0.3 is 4.74 Å². The highest BCUT2D eigenvalue weighted by Gasteiger charge is 2.33. The molecule has 0 saturated carbocycles. The molecule has 0 aliphatic rings. The molecule has 0 atom stereocenters. The van der Waals surface area contributed by atoms with E-state index >= 15 is 0 Å². The molecular formula is C8H5F3INO2. The van der Waals surface area contributed by atoms with Gasteiger partial charge >= 0.3 is 6.36 Å². The Morgan fingerprint density at radius 3 is 2.60 bits per heavy atom. The molecule has 7 heteroatoms. The summed E-state index contributed by atoms with van der Waals surface area (Å²) in [5.74, 6) is -0.713. The number of halogens is 4. The van der Waals surface area contributed by atoms with E-state index < -0.39 is 12.2 Å². The number of hydrogen-bond donors (Lipinski definition) is 0. The number of pyridine rings is 1. The second-order valence-electron chi connectivity index (χ2n) is 2.62. The third kappa shape index (κ3) is 3.33. The number of nitrogens with zero attached hydrogens (tertiary/aromatic N) is 1. The number of ether oxygens (including phenoxy) is 1. The van der Waals surface area contributed by atoms with Gasteiger partial charge in [-0.1, -0.05) is 0 Å². The lowest BCUT2D eigenvalue weighted by Gasteiger charge is -2.10. The number of alkyl halides is 3. The lowest BCUT2D eigenvalue weighted by Crippen LogP contribution is -2.19. The van der Waals surface area contributed by atoms with Gasteiger partial charge in [0.05, 0.1) is 11.3 Å². The van der Waals surface area contributed by atoms with E-state index in [1.807, 2.05) is 22.6 Å². The highest BCUT2D eigenvalue weighted by atomic mass is 127. The van der Waals surface area contributed by atoms with Crippen LogP contribution in [-0.4, -0.2) is 17.6 Å². The smallest absolute Gasteiger partial charge is 0.387 e. The van der Waals surface area contributed by atoms with Gasteiger partial charge in [-0.3, -0.25) is 4.79 Å². The maximum atomic E-state index is 11.9. The van der Waals surface area contributed by atoms with Crippen molar-refractivity contribution in [2.45, 2.75) is 13.3 Å². The van der Waals surface area contributed by atoms with Crippen LogP contribution in [0.5, 0.6) is 5.88 Å². The quantitative estimate of drug-likeness (QED) is 0.618. The first kappa shape index (κ1) is 12.2. The molecule has 0 fully saturated rings. The van der Waals surface area contributed by atoms with E-state index in [4.69, 9.17) is 0 Å². The van der Waals surface area contributed by atoms with Crippen molar-refractivity contribution in [2.75, 3.05) is 0 Å². The normalized spacial score (nSPS) is 11.3. The van der Waals surface area contributed by atoms with E-state index in [-0.39, 0.29) is 11.8 Å². The minimum atomic E-state index is -4.84. The number of hydrogen-bond acceptors (Lipinski definition) is 3. The zero-order chi connectivity index (χ0) is 11.6. The Kier molecular flexibility index (Phi) is 3.53. The Hall–Kier alpha value is -0.860. The van der Waals surface area contributed by atoms with Gasteiger partial charge in [0.1, 0.15) is 0 Å². The van der Waals surface area contributed by atoms with E-state index in [1.165, 1.54) is 13.0 Å². The van der Waals surface area contributed by atoms with Crippen LogP contribution in [-0.2, 0) is 0 Å². The molecule has 15 heavy (non-hydrogen) atoms. The van der Waals surface area contributed by atoms with E-state index in [2.05, 4.69) is 9.72 Å². The molecule has 0 spiro atoms. The maximum absolute atomic E-state index is 11.9. The van der Waals surface area contributed by atoms with Gasteiger partial charge in [0.2, 0.25) is 5.88 Å². The summed E-state index contributed by atoms with van der Waals surface area (Å²) in [5.41, 5.74) is 0.155. The van der Waals surface area contributed by atoms with Gasteiger partial charge in [0.25, 0.3) is 0 Å². The van der Waals surface area contributed by atoms with Gasteiger partial charge in [-0.05, 0) is 35.6 Å². The molecule has 82 valence electrons. The first-order chi connectivity index (χ1) is 6.83. The van der Waals surface area contributed by atoms with Crippen molar-refractivity contribution >= 4 is 28.9 Å². The van der Waals surface area contributed by atoms with E-state index in [0.717, 1.165) is 0 Å². The number of aldehydes is 1. The van der Waals surface area contributed by atoms with Crippen LogP contribution in [0.3, 0.4) is 0 Å². The zero-order valence-corrected chi connectivity index (χ0v) is 9.59. The molecule has 1 heterocycles. The SMILES string of the molecule is Cc1nc(OC(F)(F)F)c(C=O)cc1I. The van der Waals surface area contributed by atoms with Crippen LogP contribution in [0.1, 0.15) is 16.1 Å². The summed E-state index contributed by atoms with van der Waals surface area (Å²) in [6.07, 6.45) is -4.57. The Labute approximate surface area is 96.8 Å². The monoisotopic (exact) mass is 331 g/mol. The summed E-state index contributed by atoms with van der Waals surface area (Å²) in [7, 11) is 0. The molecule has 0 amide bonds. The molecule has 0 N–H and O–H groups in total. The molecule has 3 nitrogen and oxygen atoms in total. The highest BCUT2D eigenvalue weighted by Crippen LogP contribution is 2.25. The largest absolute Gasteiger partial charge is 0.574 e. The highest BCUT2D eigenvalue weighted by molar-refractivity contribution is 14.1. The van der Waals surface area contributed by atoms with Gasteiger partial charge in [0.15, 0.2) is 6.29 Å². The van der Waals surface area contributed by atoms with Gasteiger partial charge in [-0.25, -0.2) is 4.98 Å². The fourth-order valence-corrected chi connectivity index (χ4v) is 1.30. The van der Waals surface area contributed by atoms with E-state index in [1.54, 1.807) is 0 Å². The zero-order valence-electron chi connectivity index (χ0n) is 7.43. The van der Waals surface area contributed by atoms with Crippen molar-refractivity contribution in [1.82, 2.24) is 4.98 Å². The van der Waals surface area contributed by atoms with Crippen LogP contribution < -0.4 is 4.74 Å². The molecule has 0 unspecified atom stereocenters. The molecule has 1 rings (SSSR count). The third-order valence-electron chi connectivity index (χ3n) is 1.48. The third-order valence-corrected chi connectivity index (χ3v) is 2.58. The number of carbonyl (C=O) groups is 1. The average Bonchev–Trinajstić information content (AvgIpc) is 2.08. The van der Waals surface area contributed by atoms with Crippen molar-refractivity contribution in [1.29, 1.82) is 0 Å². The van der Waals surface area contributed by atoms with Crippen molar-refractivity contribution in [2.24, 2.45) is 0 Å². The van der Waals surface area contributed by atoms with E-state index in [9.17, 15) is 18.0 Å². The second-order valence-corrected chi connectivity index (χ2v) is 3.78. The van der Waals surface area contributed by atoms with Crippen molar-refractivity contribution < 1.29 is 22.7 Å². The predicted molar refractivity (Wildman–Crippen MR) is 53.8 cm³/mol. The molecule has 0 radical (unpaired) electrons. The first-order valence-electron chi connectivity index (χ1n) is 3.71. The predicted octanol–water partition coefficient (Wildman–Crippen LogP) is 2.71. The number of aromatic nitrogens is 1. The molecule has 0 aliphatic heterocycles. The maximum Gasteiger partial charge on any atom is 0.574 e. The van der Waals surface area contributed by atoms with Crippen LogP contribution >= 0.6 is 22.6 Å². The summed E-state index contributed by atoms with van der Waals surface area (Å²) in [5, 5.41) is 0. The molecule has 0 aliphatic carbocycles. The van der Waals surface area contributed by atoms with Crippen molar-refractivity contribution in [3.63, 3.8) is 0 Å². The molecule has 0 aromatic carbocycles. The number of carbonyl (C=O) groups excluding carboxylic acids is 1. The fraction of sp³-hybridized carbons (Fsp3) is 0.250. The van der Waals surface area contributed by atoms with Gasteiger partial charge in [0, 0.05) is 3.57 Å². The van der Waals surface area contributed by atoms with Crippen LogP contribution in [0.4, 0.5) is 13.2 Å². The van der Waals surface area contributed by atoms with Crippen molar-refractivity contribution in [3.8, 4) is 5.88 Å². The molecule has 1 aromatic rings. The summed E-state index contributed by atoms with van der Waals surface area (Å²) < 4.78 is 39.9. The Bertz CT molecular complexity index is 392. The summed E-state index contributed by atoms with van der Waals surface area (Å²) in [6, 6.07) is 1.29. The lowest BCUT2D eigenvalue weighted by atomic mass is 10.2. The van der Waals surface area contributed by atoms with Gasteiger partial charge in [-0.2, -0.15) is 0 Å².